The van der Waals surface area contributed by atoms with Crippen LogP contribution in [0.3, 0.4) is 0 Å². The van der Waals surface area contributed by atoms with Crippen LogP contribution in [0.5, 0.6) is 11.5 Å². The molecule has 1 N–H and O–H groups in total. The summed E-state index contributed by atoms with van der Waals surface area (Å²) < 4.78 is 12.5. The van der Waals surface area contributed by atoms with Gasteiger partial charge in [-0.3, -0.25) is 4.79 Å². The minimum atomic E-state index is -0.211. The highest BCUT2D eigenvalue weighted by Crippen LogP contribution is 2.30. The maximum atomic E-state index is 12.5. The van der Waals surface area contributed by atoms with Gasteiger partial charge in [0.05, 0.1) is 18.5 Å². The standard InChI is InChI=1S/C21H21N3O3/c1-26-16-10-12-17(13-11-16)27-14-20(25)22-21-18-8-5-9-19(18)23-24(21)15-6-3-2-4-7-15/h2-4,6-7,10-13H,5,8-9,14H2,1H3,(H,22,25). The molecule has 0 radical (unpaired) electrons. The van der Waals surface area contributed by atoms with E-state index >= 15 is 0 Å². The Morgan fingerprint density at radius 3 is 2.56 bits per heavy atom. The van der Waals surface area contributed by atoms with Crippen LogP contribution in [-0.2, 0) is 17.6 Å². The number of methoxy groups -OCH3 is 1. The minimum Gasteiger partial charge on any atom is -0.497 e. The number of anilines is 1. The van der Waals surface area contributed by atoms with Crippen LogP contribution in [0.4, 0.5) is 5.82 Å². The second-order valence-corrected chi connectivity index (χ2v) is 6.39. The van der Waals surface area contributed by atoms with E-state index in [9.17, 15) is 4.79 Å². The third kappa shape index (κ3) is 3.65. The summed E-state index contributed by atoms with van der Waals surface area (Å²) in [7, 11) is 1.61. The Kier molecular flexibility index (Phi) is 4.78. The van der Waals surface area contributed by atoms with Gasteiger partial charge in [-0.15, -0.1) is 0 Å². The molecule has 4 rings (SSSR count). The first-order chi connectivity index (χ1) is 13.2. The number of para-hydroxylation sites is 1. The predicted molar refractivity (Wildman–Crippen MR) is 103 cm³/mol. The Bertz CT molecular complexity index is 933. The number of amides is 1. The first kappa shape index (κ1) is 17.1. The van der Waals surface area contributed by atoms with Gasteiger partial charge in [0, 0.05) is 5.56 Å². The Labute approximate surface area is 157 Å². The van der Waals surface area contributed by atoms with Crippen molar-refractivity contribution in [3.8, 4) is 17.2 Å². The lowest BCUT2D eigenvalue weighted by molar-refractivity contribution is -0.118. The molecule has 2 aromatic carbocycles. The third-order valence-corrected chi connectivity index (χ3v) is 4.60. The zero-order chi connectivity index (χ0) is 18.6. The number of aryl methyl sites for hydroxylation is 1. The molecule has 1 aliphatic carbocycles. The van der Waals surface area contributed by atoms with Crippen LogP contribution in [0.2, 0.25) is 0 Å². The van der Waals surface area contributed by atoms with E-state index in [2.05, 4.69) is 5.32 Å². The fourth-order valence-electron chi connectivity index (χ4n) is 3.27. The normalized spacial score (nSPS) is 12.5. The van der Waals surface area contributed by atoms with Crippen LogP contribution in [0.25, 0.3) is 5.69 Å². The molecule has 6 nitrogen and oxygen atoms in total. The monoisotopic (exact) mass is 363 g/mol. The zero-order valence-corrected chi connectivity index (χ0v) is 15.1. The Morgan fingerprint density at radius 2 is 1.81 bits per heavy atom. The van der Waals surface area contributed by atoms with Crippen molar-refractivity contribution < 1.29 is 14.3 Å². The molecule has 1 amide bonds. The number of fused-ring (bicyclic) bond motifs is 1. The number of nitrogens with zero attached hydrogens (tertiary/aromatic N) is 2. The summed E-state index contributed by atoms with van der Waals surface area (Å²) >= 11 is 0. The topological polar surface area (TPSA) is 65.4 Å². The van der Waals surface area contributed by atoms with Crippen LogP contribution in [0, 0.1) is 0 Å². The highest BCUT2D eigenvalue weighted by molar-refractivity contribution is 5.92. The Morgan fingerprint density at radius 1 is 1.07 bits per heavy atom. The maximum absolute atomic E-state index is 12.5. The summed E-state index contributed by atoms with van der Waals surface area (Å²) in [6, 6.07) is 17.0. The fourth-order valence-corrected chi connectivity index (χ4v) is 3.27. The van der Waals surface area contributed by atoms with E-state index in [0.29, 0.717) is 5.75 Å². The first-order valence-corrected chi connectivity index (χ1v) is 8.97. The highest BCUT2D eigenvalue weighted by Gasteiger charge is 2.24. The average Bonchev–Trinajstić information content (AvgIpc) is 3.30. The number of aromatic nitrogens is 2. The molecule has 6 heteroatoms. The molecule has 3 aromatic rings. The van der Waals surface area contributed by atoms with Crippen molar-refractivity contribution in [2.45, 2.75) is 19.3 Å². The zero-order valence-electron chi connectivity index (χ0n) is 15.1. The molecule has 0 saturated heterocycles. The van der Waals surface area contributed by atoms with Crippen LogP contribution < -0.4 is 14.8 Å². The average molecular weight is 363 g/mol. The van der Waals surface area contributed by atoms with Crippen molar-refractivity contribution in [2.75, 3.05) is 19.0 Å². The third-order valence-electron chi connectivity index (χ3n) is 4.60. The molecule has 1 aromatic heterocycles. The lowest BCUT2D eigenvalue weighted by Crippen LogP contribution is -2.22. The van der Waals surface area contributed by atoms with E-state index < -0.39 is 0 Å². The maximum Gasteiger partial charge on any atom is 0.263 e. The number of ether oxygens (including phenoxy) is 2. The minimum absolute atomic E-state index is 0.0684. The molecule has 0 fully saturated rings. The van der Waals surface area contributed by atoms with Crippen LogP contribution in [0.1, 0.15) is 17.7 Å². The predicted octanol–water partition coefficient (Wildman–Crippen LogP) is 3.39. The van der Waals surface area contributed by atoms with Crippen molar-refractivity contribution in [3.05, 3.63) is 65.9 Å². The van der Waals surface area contributed by atoms with E-state index in [1.54, 1.807) is 31.4 Å². The van der Waals surface area contributed by atoms with E-state index in [4.69, 9.17) is 14.6 Å². The van der Waals surface area contributed by atoms with Crippen molar-refractivity contribution in [2.24, 2.45) is 0 Å². The van der Waals surface area contributed by atoms with Crippen LogP contribution in [-0.4, -0.2) is 29.4 Å². The second-order valence-electron chi connectivity index (χ2n) is 6.39. The summed E-state index contributed by atoms with van der Waals surface area (Å²) in [5.41, 5.74) is 3.11. The van der Waals surface area contributed by atoms with E-state index in [-0.39, 0.29) is 12.5 Å². The smallest absolute Gasteiger partial charge is 0.263 e. The molecule has 27 heavy (non-hydrogen) atoms. The van der Waals surface area contributed by atoms with Gasteiger partial charge in [0.15, 0.2) is 6.61 Å². The molecule has 0 spiro atoms. The quantitative estimate of drug-likeness (QED) is 0.729. The van der Waals surface area contributed by atoms with Gasteiger partial charge in [-0.05, 0) is 55.7 Å². The number of benzene rings is 2. The summed E-state index contributed by atoms with van der Waals surface area (Å²) in [5, 5.41) is 7.69. The van der Waals surface area contributed by atoms with Gasteiger partial charge in [-0.1, -0.05) is 18.2 Å². The summed E-state index contributed by atoms with van der Waals surface area (Å²) in [5.74, 6) is 1.90. The molecular weight excluding hydrogens is 342 g/mol. The van der Waals surface area contributed by atoms with Gasteiger partial charge in [-0.25, -0.2) is 4.68 Å². The molecule has 0 unspecified atom stereocenters. The van der Waals surface area contributed by atoms with Crippen LogP contribution >= 0.6 is 0 Å². The number of rotatable bonds is 6. The van der Waals surface area contributed by atoms with Crippen molar-refractivity contribution in [1.29, 1.82) is 0 Å². The van der Waals surface area contributed by atoms with E-state index in [0.717, 1.165) is 47.8 Å². The summed E-state index contributed by atoms with van der Waals surface area (Å²) in [4.78, 5) is 12.5. The van der Waals surface area contributed by atoms with E-state index in [1.807, 2.05) is 35.0 Å². The number of hydrogen-bond acceptors (Lipinski definition) is 4. The largest absolute Gasteiger partial charge is 0.497 e. The first-order valence-electron chi connectivity index (χ1n) is 8.97. The van der Waals surface area contributed by atoms with Gasteiger partial charge in [-0.2, -0.15) is 5.10 Å². The molecule has 138 valence electrons. The van der Waals surface area contributed by atoms with Gasteiger partial charge >= 0.3 is 0 Å². The second kappa shape index (κ2) is 7.53. The number of hydrogen-bond donors (Lipinski definition) is 1. The Hall–Kier alpha value is -3.28. The molecule has 1 heterocycles. The lowest BCUT2D eigenvalue weighted by Gasteiger charge is -2.12. The molecule has 1 aliphatic rings. The molecule has 0 saturated carbocycles. The lowest BCUT2D eigenvalue weighted by atomic mass is 10.2. The van der Waals surface area contributed by atoms with Crippen LogP contribution in [0.15, 0.2) is 54.6 Å². The summed E-state index contributed by atoms with van der Waals surface area (Å²) in [6.07, 6.45) is 2.94. The van der Waals surface area contributed by atoms with E-state index in [1.165, 1.54) is 0 Å². The summed E-state index contributed by atoms with van der Waals surface area (Å²) in [6.45, 7) is -0.0684. The highest BCUT2D eigenvalue weighted by atomic mass is 16.5. The van der Waals surface area contributed by atoms with Gasteiger partial charge < -0.3 is 14.8 Å². The molecule has 0 bridgehead atoms. The van der Waals surface area contributed by atoms with Crippen molar-refractivity contribution in [1.82, 2.24) is 9.78 Å². The molecule has 0 aliphatic heterocycles. The van der Waals surface area contributed by atoms with Gasteiger partial charge in [0.2, 0.25) is 0 Å². The fraction of sp³-hybridized carbons (Fsp3) is 0.238. The molecule has 0 atom stereocenters. The molecular formula is C21H21N3O3. The number of nitrogens with one attached hydrogen (secondary N) is 1. The SMILES string of the molecule is COc1ccc(OCC(=O)Nc2c3c(nn2-c2ccccc2)CCC3)cc1. The van der Waals surface area contributed by atoms with Crippen molar-refractivity contribution >= 4 is 11.7 Å². The van der Waals surface area contributed by atoms with Crippen molar-refractivity contribution in [3.63, 3.8) is 0 Å². The van der Waals surface area contributed by atoms with Gasteiger partial charge in [0.25, 0.3) is 5.91 Å². The van der Waals surface area contributed by atoms with Gasteiger partial charge in [0.1, 0.15) is 17.3 Å². The Balaban J connectivity index is 1.49. The number of carbonyl (C=O) groups excluding carboxylic acids is 1. The number of carbonyl (C=O) groups is 1.